The molecule has 0 radical (unpaired) electrons. The molecule has 3 rings (SSSR count). The number of β-amino-alcohol motifs (C(OH)–C–C–N with tert-alkyl or cyclic N) is 2. The predicted molar refractivity (Wildman–Crippen MR) is 121 cm³/mol. The molecule has 0 saturated carbocycles. The summed E-state index contributed by atoms with van der Waals surface area (Å²) in [7, 11) is 0. The van der Waals surface area contributed by atoms with E-state index in [1.165, 1.54) is 6.08 Å². The van der Waals surface area contributed by atoms with E-state index in [1.54, 1.807) is 39.0 Å². The minimum Gasteiger partial charge on any atom is -0.390 e. The molecule has 3 atom stereocenters. The van der Waals surface area contributed by atoms with Gasteiger partial charge in [-0.05, 0) is 30.2 Å². The summed E-state index contributed by atoms with van der Waals surface area (Å²) in [4.78, 5) is 30.0. The highest BCUT2D eigenvalue weighted by atomic mass is 35.5. The van der Waals surface area contributed by atoms with E-state index < -0.39 is 18.4 Å². The van der Waals surface area contributed by atoms with Crippen molar-refractivity contribution in [3.8, 4) is 0 Å². The summed E-state index contributed by atoms with van der Waals surface area (Å²) in [6.45, 7) is 1.98. The highest BCUT2D eigenvalue weighted by Gasteiger charge is 2.30. The van der Waals surface area contributed by atoms with Gasteiger partial charge in [0.2, 0.25) is 11.8 Å². The SMILES string of the molecule is O=C(C=Cc1ccc(Cl)c(Cl)c1)N1CCC(=O)N(CC(O)CN2CC[C@@H](F)[C@@H](O)C2)CC1. The fourth-order valence-corrected chi connectivity index (χ4v) is 4.22. The number of aliphatic hydroxyl groups is 2. The predicted octanol–water partition coefficient (Wildman–Crippen LogP) is 1.83. The fraction of sp³-hybridized carbons (Fsp3) is 0.545. The fourth-order valence-electron chi connectivity index (χ4n) is 3.91. The number of likely N-dealkylation sites (tertiary alicyclic amines) is 1. The minimum absolute atomic E-state index is 0.129. The Bertz CT molecular complexity index is 856. The number of halogens is 3. The van der Waals surface area contributed by atoms with Gasteiger partial charge in [-0.25, -0.2) is 4.39 Å². The number of piperidine rings is 1. The number of aliphatic hydroxyl groups excluding tert-OH is 2. The molecule has 0 aromatic heterocycles. The normalized spacial score (nSPS) is 24.1. The third-order valence-electron chi connectivity index (χ3n) is 5.75. The summed E-state index contributed by atoms with van der Waals surface area (Å²) in [5.74, 6) is -0.343. The van der Waals surface area contributed by atoms with E-state index in [9.17, 15) is 24.2 Å². The number of alkyl halides is 1. The first-order valence-electron chi connectivity index (χ1n) is 10.7. The number of carbonyl (C=O) groups excluding carboxylic acids is 2. The topological polar surface area (TPSA) is 84.3 Å². The molecule has 32 heavy (non-hydrogen) atoms. The van der Waals surface area contributed by atoms with Crippen molar-refractivity contribution in [1.82, 2.24) is 14.7 Å². The highest BCUT2D eigenvalue weighted by molar-refractivity contribution is 6.42. The van der Waals surface area contributed by atoms with Crippen molar-refractivity contribution in [3.05, 3.63) is 39.9 Å². The van der Waals surface area contributed by atoms with Crippen LogP contribution in [0.1, 0.15) is 18.4 Å². The average Bonchev–Trinajstić information content (AvgIpc) is 2.93. The Hall–Kier alpha value is -1.71. The van der Waals surface area contributed by atoms with Crippen molar-refractivity contribution < 1.29 is 24.2 Å². The van der Waals surface area contributed by atoms with Crippen LogP contribution in [0.5, 0.6) is 0 Å². The van der Waals surface area contributed by atoms with Crippen LogP contribution in [0.2, 0.25) is 10.0 Å². The van der Waals surface area contributed by atoms with E-state index in [4.69, 9.17) is 23.2 Å². The lowest BCUT2D eigenvalue weighted by atomic mass is 10.1. The molecule has 2 heterocycles. The van der Waals surface area contributed by atoms with Gasteiger partial charge in [-0.1, -0.05) is 29.3 Å². The second-order valence-corrected chi connectivity index (χ2v) is 9.02. The average molecular weight is 488 g/mol. The van der Waals surface area contributed by atoms with Crippen molar-refractivity contribution in [2.75, 3.05) is 45.8 Å². The highest BCUT2D eigenvalue weighted by Crippen LogP contribution is 2.23. The van der Waals surface area contributed by atoms with E-state index in [0.717, 1.165) is 5.56 Å². The molecule has 176 valence electrons. The van der Waals surface area contributed by atoms with Crippen LogP contribution in [0.25, 0.3) is 6.08 Å². The van der Waals surface area contributed by atoms with Crippen molar-refractivity contribution in [2.45, 2.75) is 31.2 Å². The Kier molecular flexibility index (Phi) is 8.90. The van der Waals surface area contributed by atoms with Crippen LogP contribution in [0, 0.1) is 0 Å². The number of hydrogen-bond acceptors (Lipinski definition) is 5. The number of rotatable bonds is 6. The lowest BCUT2D eigenvalue weighted by Crippen LogP contribution is -2.49. The maximum absolute atomic E-state index is 13.4. The van der Waals surface area contributed by atoms with Crippen LogP contribution >= 0.6 is 23.2 Å². The van der Waals surface area contributed by atoms with Crippen molar-refractivity contribution in [3.63, 3.8) is 0 Å². The largest absolute Gasteiger partial charge is 0.390 e. The molecule has 2 fully saturated rings. The van der Waals surface area contributed by atoms with E-state index in [-0.39, 0.29) is 44.3 Å². The molecule has 2 aliphatic heterocycles. The maximum atomic E-state index is 13.4. The van der Waals surface area contributed by atoms with Crippen LogP contribution in [0.15, 0.2) is 24.3 Å². The third-order valence-corrected chi connectivity index (χ3v) is 6.48. The quantitative estimate of drug-likeness (QED) is 0.598. The molecular weight excluding hydrogens is 460 g/mol. The number of benzene rings is 1. The summed E-state index contributed by atoms with van der Waals surface area (Å²) >= 11 is 11.9. The zero-order valence-electron chi connectivity index (χ0n) is 17.7. The summed E-state index contributed by atoms with van der Waals surface area (Å²) in [6, 6.07) is 5.07. The first kappa shape index (κ1) is 24.9. The molecule has 1 unspecified atom stereocenters. The van der Waals surface area contributed by atoms with E-state index in [0.29, 0.717) is 36.2 Å². The Morgan fingerprint density at radius 1 is 1.19 bits per heavy atom. The first-order chi connectivity index (χ1) is 15.2. The molecule has 2 N–H and O–H groups in total. The molecule has 2 saturated heterocycles. The Labute approximate surface area is 197 Å². The van der Waals surface area contributed by atoms with Crippen molar-refractivity contribution in [1.29, 1.82) is 0 Å². The van der Waals surface area contributed by atoms with Gasteiger partial charge >= 0.3 is 0 Å². The molecule has 10 heteroatoms. The van der Waals surface area contributed by atoms with Gasteiger partial charge in [0.25, 0.3) is 0 Å². The van der Waals surface area contributed by atoms with Crippen LogP contribution in [0.3, 0.4) is 0 Å². The minimum atomic E-state index is -1.23. The number of nitrogens with zero attached hydrogens (tertiary/aromatic N) is 3. The summed E-state index contributed by atoms with van der Waals surface area (Å²) in [5.41, 5.74) is 0.741. The molecule has 7 nitrogen and oxygen atoms in total. The number of amides is 2. The second kappa shape index (κ2) is 11.4. The van der Waals surface area contributed by atoms with Crippen LogP contribution < -0.4 is 0 Å². The molecule has 2 aliphatic rings. The van der Waals surface area contributed by atoms with Gasteiger partial charge in [-0.2, -0.15) is 0 Å². The standard InChI is InChI=1S/C22H28Cl2FN3O4/c23-17-3-1-15(11-18(17)24)2-4-21(31)27-8-6-22(32)28(10-9-27)13-16(29)12-26-7-5-19(25)20(30)14-26/h1-4,11,16,19-20,29-30H,5-10,12-14H2/t16?,19-,20+/m1/s1. The molecule has 1 aromatic carbocycles. The third kappa shape index (κ3) is 6.89. The smallest absolute Gasteiger partial charge is 0.246 e. The second-order valence-electron chi connectivity index (χ2n) is 8.21. The zero-order valence-corrected chi connectivity index (χ0v) is 19.2. The van der Waals surface area contributed by atoms with Crippen LogP contribution in [-0.4, -0.2) is 101 Å². The van der Waals surface area contributed by atoms with E-state index in [1.807, 2.05) is 0 Å². The number of carbonyl (C=O) groups is 2. The molecule has 0 aliphatic carbocycles. The zero-order chi connectivity index (χ0) is 23.3. The Morgan fingerprint density at radius 3 is 2.69 bits per heavy atom. The molecule has 2 amide bonds. The maximum Gasteiger partial charge on any atom is 0.246 e. The van der Waals surface area contributed by atoms with Gasteiger partial charge in [0.05, 0.1) is 22.3 Å². The van der Waals surface area contributed by atoms with E-state index >= 15 is 0 Å². The van der Waals surface area contributed by atoms with Crippen molar-refractivity contribution in [2.24, 2.45) is 0 Å². The van der Waals surface area contributed by atoms with Gasteiger partial charge in [-0.15, -0.1) is 0 Å². The van der Waals surface area contributed by atoms with Gasteiger partial charge in [0.1, 0.15) is 6.17 Å². The van der Waals surface area contributed by atoms with Crippen LogP contribution in [-0.2, 0) is 9.59 Å². The first-order valence-corrected chi connectivity index (χ1v) is 11.4. The Morgan fingerprint density at radius 2 is 1.97 bits per heavy atom. The summed E-state index contributed by atoms with van der Waals surface area (Å²) in [5, 5.41) is 20.9. The molecule has 0 spiro atoms. The Balaban J connectivity index is 1.50. The lowest BCUT2D eigenvalue weighted by molar-refractivity contribution is -0.132. The molecule has 0 bridgehead atoms. The van der Waals surface area contributed by atoms with Gasteiger partial charge in [-0.3, -0.25) is 14.5 Å². The van der Waals surface area contributed by atoms with Crippen LogP contribution in [0.4, 0.5) is 4.39 Å². The van der Waals surface area contributed by atoms with Gasteiger partial charge in [0.15, 0.2) is 0 Å². The summed E-state index contributed by atoms with van der Waals surface area (Å²) < 4.78 is 13.4. The summed E-state index contributed by atoms with van der Waals surface area (Å²) in [6.07, 6.45) is 0.382. The molecular formula is C22H28Cl2FN3O4. The van der Waals surface area contributed by atoms with Gasteiger partial charge < -0.3 is 20.0 Å². The van der Waals surface area contributed by atoms with Gasteiger partial charge in [0, 0.05) is 58.3 Å². The van der Waals surface area contributed by atoms with E-state index in [2.05, 4.69) is 0 Å². The van der Waals surface area contributed by atoms with Crippen molar-refractivity contribution >= 4 is 41.1 Å². The number of hydrogen-bond donors (Lipinski definition) is 2. The molecule has 1 aromatic rings. The lowest BCUT2D eigenvalue weighted by Gasteiger charge is -2.34. The monoisotopic (exact) mass is 487 g/mol.